The van der Waals surface area contributed by atoms with Gasteiger partial charge in [-0.3, -0.25) is 4.90 Å². The van der Waals surface area contributed by atoms with Crippen molar-refractivity contribution >= 4 is 12.4 Å². The van der Waals surface area contributed by atoms with Gasteiger partial charge in [-0.15, -0.1) is 12.4 Å². The van der Waals surface area contributed by atoms with Crippen LogP contribution in [0, 0.1) is 0 Å². The van der Waals surface area contributed by atoms with Crippen molar-refractivity contribution in [1.29, 1.82) is 0 Å². The van der Waals surface area contributed by atoms with Crippen LogP contribution in [0.4, 0.5) is 0 Å². The van der Waals surface area contributed by atoms with Crippen molar-refractivity contribution in [1.82, 2.24) is 11.1 Å². The monoisotopic (exact) mass is 472 g/mol. The highest BCUT2D eigenvalue weighted by molar-refractivity contribution is 5.85. The molecule has 0 aromatic heterocycles. The molecule has 2 unspecified atom stereocenters. The van der Waals surface area contributed by atoms with Gasteiger partial charge < -0.3 is 26.9 Å². The van der Waals surface area contributed by atoms with Gasteiger partial charge in [0.05, 0.1) is 12.2 Å². The molecule has 0 spiro atoms. The van der Waals surface area contributed by atoms with Crippen molar-refractivity contribution in [3.8, 4) is 0 Å². The van der Waals surface area contributed by atoms with Gasteiger partial charge in [0.1, 0.15) is 6.23 Å². The highest BCUT2D eigenvalue weighted by Gasteiger charge is 2.22. The van der Waals surface area contributed by atoms with Gasteiger partial charge in [0.2, 0.25) is 0 Å². The highest BCUT2D eigenvalue weighted by atomic mass is 35.5. The molecule has 0 saturated heterocycles. The minimum absolute atomic E-state index is 0. The number of rotatable bonds is 7. The number of hydrogen-bond donors (Lipinski definition) is 2. The van der Waals surface area contributed by atoms with Crippen molar-refractivity contribution in [2.45, 2.75) is 105 Å². The molecule has 0 bridgehead atoms. The Bertz CT molecular complexity index is 361. The molecule has 7 heteroatoms. The minimum atomic E-state index is -0.222. The predicted octanol–water partition coefficient (Wildman–Crippen LogP) is 5.69. The summed E-state index contributed by atoms with van der Waals surface area (Å²) in [6.07, 6.45) is 8.45. The lowest BCUT2D eigenvalue weighted by Crippen LogP contribution is -2.37. The third-order valence-electron chi connectivity index (χ3n) is 4.14. The van der Waals surface area contributed by atoms with E-state index in [1.165, 1.54) is 32.1 Å². The number of benzene rings is 1. The Balaban J connectivity index is -0.0000000667. The fraction of sp³-hybridized carbons (Fsp3) is 0.750. The normalized spacial score (nSPS) is 13.5. The molecule has 1 aliphatic carbocycles. The second kappa shape index (κ2) is 33.9. The topological polar surface area (TPSA) is 131 Å². The van der Waals surface area contributed by atoms with Crippen LogP contribution in [0.3, 0.4) is 0 Å². The molecule has 0 radical (unpaired) electrons. The highest BCUT2D eigenvalue weighted by Crippen LogP contribution is 2.24. The molecule has 1 fully saturated rings. The molecule has 1 aliphatic rings. The SMILES string of the molecule is CC.CCC.CCN(C)C(CCC(C)O)OC1CCCC1.Cl.N.O.O.[HH].c1ccccc1. The molecule has 2 atom stereocenters. The van der Waals surface area contributed by atoms with Gasteiger partial charge in [-0.25, -0.2) is 0 Å². The molecular weight excluding hydrogens is 416 g/mol. The zero-order chi connectivity index (χ0) is 20.9. The zero-order valence-corrected chi connectivity index (χ0v) is 22.1. The smallest absolute Gasteiger partial charge is 0.110 e. The number of nitrogens with zero attached hydrogens (tertiary/aromatic N) is 1. The Morgan fingerprint density at radius 1 is 0.935 bits per heavy atom. The van der Waals surface area contributed by atoms with E-state index in [4.69, 9.17) is 4.74 Å². The summed E-state index contributed by atoms with van der Waals surface area (Å²) in [5, 5.41) is 9.34. The average Bonchev–Trinajstić information content (AvgIpc) is 3.21. The lowest BCUT2D eigenvalue weighted by atomic mass is 10.2. The van der Waals surface area contributed by atoms with E-state index in [9.17, 15) is 5.11 Å². The number of aliphatic hydroxyl groups excluding tert-OH is 1. The zero-order valence-electron chi connectivity index (χ0n) is 21.3. The fourth-order valence-electron chi connectivity index (χ4n) is 2.61. The molecule has 31 heavy (non-hydrogen) atoms. The Morgan fingerprint density at radius 3 is 1.58 bits per heavy atom. The van der Waals surface area contributed by atoms with Crippen molar-refractivity contribution in [3.05, 3.63) is 36.4 Å². The van der Waals surface area contributed by atoms with Gasteiger partial charge in [0.25, 0.3) is 0 Å². The average molecular weight is 473 g/mol. The van der Waals surface area contributed by atoms with Crippen molar-refractivity contribution in [2.24, 2.45) is 0 Å². The Hall–Kier alpha value is -0.730. The summed E-state index contributed by atoms with van der Waals surface area (Å²) < 4.78 is 6.13. The van der Waals surface area contributed by atoms with Crippen LogP contribution in [-0.4, -0.2) is 53.0 Å². The number of hydrogen-bond acceptors (Lipinski definition) is 4. The first-order chi connectivity index (χ1) is 13.0. The van der Waals surface area contributed by atoms with Gasteiger partial charge in [-0.1, -0.05) is 90.3 Å². The number of aliphatic hydroxyl groups is 1. The minimum Gasteiger partial charge on any atom is -0.412 e. The van der Waals surface area contributed by atoms with Crippen molar-refractivity contribution in [2.75, 3.05) is 13.6 Å². The molecule has 0 amide bonds. The van der Waals surface area contributed by atoms with E-state index < -0.39 is 0 Å². The molecule has 1 aromatic carbocycles. The largest absolute Gasteiger partial charge is 0.412 e. The van der Waals surface area contributed by atoms with Crippen LogP contribution in [0.25, 0.3) is 0 Å². The van der Waals surface area contributed by atoms with Crippen LogP contribution < -0.4 is 6.15 Å². The second-order valence-corrected chi connectivity index (χ2v) is 6.86. The van der Waals surface area contributed by atoms with Crippen LogP contribution in [0.2, 0.25) is 0 Å². The summed E-state index contributed by atoms with van der Waals surface area (Å²) in [4.78, 5) is 2.24. The first kappa shape index (κ1) is 44.0. The second-order valence-electron chi connectivity index (χ2n) is 6.86. The molecule has 1 aromatic rings. The van der Waals surface area contributed by atoms with Crippen molar-refractivity contribution < 1.29 is 22.2 Å². The van der Waals surface area contributed by atoms with E-state index in [1.807, 2.05) is 57.2 Å². The van der Waals surface area contributed by atoms with E-state index in [0.29, 0.717) is 6.10 Å². The first-order valence-electron chi connectivity index (χ1n) is 11.1. The standard InChI is InChI=1S/C13H27NO2.C6H6.C3H8.C2H6.ClH.H3N.2H2O.H2/c1-4-14(3)13(10-9-11(2)15)16-12-7-5-6-8-12;1-2-4-6-5-3-1;1-3-2;1-2;;;;;/h11-13,15H,4-10H2,1-3H3;1-6H;3H2,1-2H3;1-2H3;1H;1H3;2*1H2;1H. The van der Waals surface area contributed by atoms with E-state index in [-0.39, 0.29) is 43.3 Å². The maximum atomic E-state index is 9.34. The van der Waals surface area contributed by atoms with E-state index >= 15 is 0 Å². The molecule has 0 aliphatic heterocycles. The molecule has 2 rings (SSSR count). The van der Waals surface area contributed by atoms with Crippen LogP contribution in [-0.2, 0) is 4.74 Å². The summed E-state index contributed by atoms with van der Waals surface area (Å²) in [6, 6.07) is 12.0. The van der Waals surface area contributed by atoms with Crippen molar-refractivity contribution in [3.63, 3.8) is 0 Å². The summed E-state index contributed by atoms with van der Waals surface area (Å²) in [7, 11) is 2.10. The first-order valence-corrected chi connectivity index (χ1v) is 11.1. The van der Waals surface area contributed by atoms with Gasteiger partial charge in [0, 0.05) is 1.43 Å². The lowest BCUT2D eigenvalue weighted by molar-refractivity contribution is -0.0939. The molecular formula is C24H57ClN2O4. The Kier molecular flexibility index (Phi) is 48.1. The van der Waals surface area contributed by atoms with Crippen LogP contribution in [0.15, 0.2) is 36.4 Å². The Labute approximate surface area is 200 Å². The summed E-state index contributed by atoms with van der Waals surface area (Å²) in [5.74, 6) is 0. The van der Waals surface area contributed by atoms with E-state index in [0.717, 1.165) is 19.4 Å². The third-order valence-corrected chi connectivity index (χ3v) is 4.14. The van der Waals surface area contributed by atoms with Crippen LogP contribution in [0.5, 0.6) is 0 Å². The quantitative estimate of drug-likeness (QED) is 0.493. The fourth-order valence-corrected chi connectivity index (χ4v) is 2.61. The van der Waals surface area contributed by atoms with Gasteiger partial charge in [0.15, 0.2) is 0 Å². The van der Waals surface area contributed by atoms with E-state index in [2.05, 4.69) is 32.7 Å². The van der Waals surface area contributed by atoms with Gasteiger partial charge in [-0.05, 0) is 46.2 Å². The number of halogens is 1. The van der Waals surface area contributed by atoms with E-state index in [1.54, 1.807) is 0 Å². The number of ether oxygens (including phenoxy) is 1. The molecule has 1 saturated carbocycles. The summed E-state index contributed by atoms with van der Waals surface area (Å²) in [6.45, 7) is 13.2. The molecule has 0 heterocycles. The third kappa shape index (κ3) is 29.3. The summed E-state index contributed by atoms with van der Waals surface area (Å²) in [5.41, 5.74) is 0. The van der Waals surface area contributed by atoms with Crippen LogP contribution in [0.1, 0.15) is 87.9 Å². The molecule has 8 N–H and O–H groups in total. The van der Waals surface area contributed by atoms with Gasteiger partial charge >= 0.3 is 0 Å². The Morgan fingerprint density at radius 2 is 1.29 bits per heavy atom. The van der Waals surface area contributed by atoms with Gasteiger partial charge in [-0.2, -0.15) is 0 Å². The lowest BCUT2D eigenvalue weighted by Gasteiger charge is -2.30. The molecule has 194 valence electrons. The molecule has 6 nitrogen and oxygen atoms in total. The van der Waals surface area contributed by atoms with Crippen LogP contribution >= 0.6 is 12.4 Å². The predicted molar refractivity (Wildman–Crippen MR) is 142 cm³/mol. The maximum absolute atomic E-state index is 9.34. The maximum Gasteiger partial charge on any atom is 0.110 e. The summed E-state index contributed by atoms with van der Waals surface area (Å²) >= 11 is 0.